The van der Waals surface area contributed by atoms with Gasteiger partial charge in [0.2, 0.25) is 0 Å². The van der Waals surface area contributed by atoms with Gasteiger partial charge < -0.3 is 24.7 Å². The Balaban J connectivity index is 4.24. The second kappa shape index (κ2) is 9.09. The first-order valence-electron chi connectivity index (χ1n) is 6.00. The zero-order valence-electron chi connectivity index (χ0n) is 10.7. The van der Waals surface area contributed by atoms with Gasteiger partial charge in [0.15, 0.2) is 0 Å². The molecule has 1 atom stereocenters. The summed E-state index contributed by atoms with van der Waals surface area (Å²) < 4.78 is 17.1. The smallest absolute Gasteiger partial charge is 0.373 e. The van der Waals surface area contributed by atoms with Crippen LogP contribution in [0.4, 0.5) is 0 Å². The van der Waals surface area contributed by atoms with E-state index in [4.69, 9.17) is 24.7 Å². The van der Waals surface area contributed by atoms with Gasteiger partial charge in [0, 0.05) is 19.8 Å². The summed E-state index contributed by atoms with van der Waals surface area (Å²) in [7, 11) is -2.69. The number of unbranched alkanes of at least 4 members (excludes halogenated alkanes) is 1. The number of nitrogens with two attached hydrogens (primary N) is 2. The van der Waals surface area contributed by atoms with E-state index in [0.717, 1.165) is 12.8 Å². The molecule has 0 aromatic carbocycles. The second-order valence-corrected chi connectivity index (χ2v) is 6.59. The van der Waals surface area contributed by atoms with Crippen molar-refractivity contribution in [1.29, 1.82) is 0 Å². The monoisotopic (exact) mass is 250 g/mol. The Morgan fingerprint density at radius 3 is 2.00 bits per heavy atom. The van der Waals surface area contributed by atoms with Crippen LogP contribution < -0.4 is 11.5 Å². The van der Waals surface area contributed by atoms with Crippen LogP contribution in [-0.2, 0) is 13.3 Å². The molecule has 0 aliphatic rings. The van der Waals surface area contributed by atoms with E-state index in [1.54, 1.807) is 0 Å². The topological polar surface area (TPSA) is 79.7 Å². The van der Waals surface area contributed by atoms with Crippen LogP contribution >= 0.6 is 0 Å². The van der Waals surface area contributed by atoms with Crippen LogP contribution in [0.1, 0.15) is 33.6 Å². The first-order valence-corrected chi connectivity index (χ1v) is 7.80. The molecule has 4 N–H and O–H groups in total. The minimum atomic E-state index is -2.69. The Morgan fingerprint density at radius 2 is 1.62 bits per heavy atom. The predicted molar refractivity (Wildman–Crippen MR) is 66.9 cm³/mol. The van der Waals surface area contributed by atoms with Crippen LogP contribution in [0, 0.1) is 0 Å². The number of hydrogen-bond donors (Lipinski definition) is 2. The van der Waals surface area contributed by atoms with Crippen molar-refractivity contribution in [2.24, 2.45) is 11.5 Å². The minimum Gasteiger partial charge on any atom is -0.373 e. The molecular weight excluding hydrogens is 224 g/mol. The lowest BCUT2D eigenvalue weighted by atomic mass is 10.3. The molecule has 0 bridgehead atoms. The van der Waals surface area contributed by atoms with Crippen molar-refractivity contribution in [1.82, 2.24) is 0 Å². The fourth-order valence-electron chi connectivity index (χ4n) is 1.38. The molecule has 0 fully saturated rings. The summed E-state index contributed by atoms with van der Waals surface area (Å²) in [5, 5.41) is 0. The van der Waals surface area contributed by atoms with Gasteiger partial charge in [-0.3, -0.25) is 0 Å². The lowest BCUT2D eigenvalue weighted by Gasteiger charge is -2.31. The van der Waals surface area contributed by atoms with Gasteiger partial charge in [-0.2, -0.15) is 0 Å². The van der Waals surface area contributed by atoms with E-state index in [9.17, 15) is 0 Å². The number of hydrogen-bond acceptors (Lipinski definition) is 5. The molecule has 0 aromatic heterocycles. The van der Waals surface area contributed by atoms with Gasteiger partial charge in [0.05, 0.1) is 5.67 Å². The summed E-state index contributed by atoms with van der Waals surface area (Å²) in [5.41, 5.74) is 11.1. The number of rotatable bonds is 10. The third-order valence-electron chi connectivity index (χ3n) is 2.15. The second-order valence-electron chi connectivity index (χ2n) is 3.60. The average molecular weight is 250 g/mol. The molecule has 6 heteroatoms. The highest BCUT2D eigenvalue weighted by atomic mass is 28.4. The van der Waals surface area contributed by atoms with Crippen LogP contribution in [-0.4, -0.2) is 40.8 Å². The summed E-state index contributed by atoms with van der Waals surface area (Å²) in [6.07, 6.45) is 1.86. The lowest BCUT2D eigenvalue weighted by molar-refractivity contribution is 0.0587. The summed E-state index contributed by atoms with van der Waals surface area (Å²) in [6.45, 7) is 8.12. The van der Waals surface area contributed by atoms with Crippen LogP contribution in [0.15, 0.2) is 0 Å². The van der Waals surface area contributed by atoms with Crippen LogP contribution in [0.2, 0.25) is 0 Å². The van der Waals surface area contributed by atoms with E-state index in [-0.39, 0.29) is 5.67 Å². The normalized spacial score (nSPS) is 14.1. The van der Waals surface area contributed by atoms with E-state index >= 15 is 0 Å². The molecule has 0 radical (unpaired) electrons. The fraction of sp³-hybridized carbons (Fsp3) is 1.00. The quantitative estimate of drug-likeness (QED) is 0.439. The Bertz CT molecular complexity index is 164. The van der Waals surface area contributed by atoms with Gasteiger partial charge in [-0.1, -0.05) is 0 Å². The molecule has 0 amide bonds. The Labute approximate surface area is 99.8 Å². The third-order valence-corrected chi connectivity index (χ3v) is 5.25. The highest BCUT2D eigenvalue weighted by molar-refractivity contribution is 6.62. The minimum absolute atomic E-state index is 0.203. The Kier molecular flexibility index (Phi) is 9.10. The first kappa shape index (κ1) is 16.0. The molecular formula is C10H26N2O3Si. The highest BCUT2D eigenvalue weighted by Crippen LogP contribution is 2.14. The standard InChI is InChI=1S/C10H26N2O3Si/c1-4-13-16(10(3)12,14-5-2)15-9-7-6-8-11/h10H,4-9,11-12H2,1-3H3. The Hall–Kier alpha value is 0.0169. The molecule has 5 nitrogen and oxygen atoms in total. The molecule has 0 aromatic rings. The maximum atomic E-state index is 5.92. The van der Waals surface area contributed by atoms with Crippen molar-refractivity contribution >= 4 is 8.80 Å². The van der Waals surface area contributed by atoms with Gasteiger partial charge in [0.25, 0.3) is 0 Å². The van der Waals surface area contributed by atoms with E-state index in [0.29, 0.717) is 26.4 Å². The third kappa shape index (κ3) is 5.38. The van der Waals surface area contributed by atoms with E-state index in [2.05, 4.69) is 0 Å². The molecule has 0 rings (SSSR count). The predicted octanol–water partition coefficient (Wildman–Crippen LogP) is 0.640. The summed E-state index contributed by atoms with van der Waals surface area (Å²) >= 11 is 0. The van der Waals surface area contributed by atoms with Crippen molar-refractivity contribution in [2.75, 3.05) is 26.4 Å². The summed E-state index contributed by atoms with van der Waals surface area (Å²) in [6, 6.07) is 0. The maximum Gasteiger partial charge on any atom is 0.518 e. The van der Waals surface area contributed by atoms with Gasteiger partial charge >= 0.3 is 8.80 Å². The molecule has 1 unspecified atom stereocenters. The average Bonchev–Trinajstić information content (AvgIpc) is 2.24. The van der Waals surface area contributed by atoms with Crippen LogP contribution in [0.5, 0.6) is 0 Å². The van der Waals surface area contributed by atoms with Gasteiger partial charge in [-0.25, -0.2) is 0 Å². The molecule has 16 heavy (non-hydrogen) atoms. The lowest BCUT2D eigenvalue weighted by Crippen LogP contribution is -2.59. The molecule has 0 aliphatic heterocycles. The maximum absolute atomic E-state index is 5.92. The van der Waals surface area contributed by atoms with Gasteiger partial charge in [0.1, 0.15) is 0 Å². The molecule has 0 spiro atoms. The molecule has 98 valence electrons. The summed E-state index contributed by atoms with van der Waals surface area (Å²) in [5.74, 6) is 0. The molecule has 0 heterocycles. The van der Waals surface area contributed by atoms with Gasteiger partial charge in [-0.05, 0) is 40.2 Å². The first-order chi connectivity index (χ1) is 7.63. The van der Waals surface area contributed by atoms with Gasteiger partial charge in [-0.15, -0.1) is 0 Å². The SMILES string of the molecule is CCO[Si](OCC)(OCCCCN)C(C)N. The van der Waals surface area contributed by atoms with E-state index in [1.807, 2.05) is 20.8 Å². The van der Waals surface area contributed by atoms with E-state index < -0.39 is 8.80 Å². The van der Waals surface area contributed by atoms with Crippen LogP contribution in [0.3, 0.4) is 0 Å². The molecule has 0 saturated heterocycles. The molecule has 0 saturated carbocycles. The van der Waals surface area contributed by atoms with Crippen molar-refractivity contribution in [3.8, 4) is 0 Å². The molecule has 0 aliphatic carbocycles. The van der Waals surface area contributed by atoms with Crippen molar-refractivity contribution < 1.29 is 13.3 Å². The van der Waals surface area contributed by atoms with Crippen molar-refractivity contribution in [3.63, 3.8) is 0 Å². The van der Waals surface area contributed by atoms with Crippen LogP contribution in [0.25, 0.3) is 0 Å². The highest BCUT2D eigenvalue weighted by Gasteiger charge is 2.45. The fourth-order valence-corrected chi connectivity index (χ4v) is 3.65. The van der Waals surface area contributed by atoms with Crippen molar-refractivity contribution in [2.45, 2.75) is 39.3 Å². The summed E-state index contributed by atoms with van der Waals surface area (Å²) in [4.78, 5) is 0. The Morgan fingerprint density at radius 1 is 1.06 bits per heavy atom. The zero-order valence-corrected chi connectivity index (χ0v) is 11.7. The van der Waals surface area contributed by atoms with E-state index in [1.165, 1.54) is 0 Å². The van der Waals surface area contributed by atoms with Crippen molar-refractivity contribution in [3.05, 3.63) is 0 Å². The zero-order chi connectivity index (χ0) is 12.4. The largest absolute Gasteiger partial charge is 0.518 e.